The van der Waals surface area contributed by atoms with Crippen LogP contribution in [0.3, 0.4) is 0 Å². The minimum atomic E-state index is -3.04. The standard InChI is InChI=1S/C10H9BrO3S/c1-15(12,13)6-9-4-7-2-3-8(11)5-10(7)14-9/h2-5H,6H2,1H3. The fourth-order valence-corrected chi connectivity index (χ4v) is 2.39. The molecule has 0 bridgehead atoms. The van der Waals surface area contributed by atoms with E-state index in [4.69, 9.17) is 4.42 Å². The highest BCUT2D eigenvalue weighted by Crippen LogP contribution is 2.24. The monoisotopic (exact) mass is 288 g/mol. The van der Waals surface area contributed by atoms with Crippen molar-refractivity contribution in [2.24, 2.45) is 0 Å². The summed E-state index contributed by atoms with van der Waals surface area (Å²) in [6.45, 7) is 0. The molecular formula is C10H9BrO3S. The van der Waals surface area contributed by atoms with Gasteiger partial charge in [-0.1, -0.05) is 15.9 Å². The molecule has 0 aliphatic carbocycles. The summed E-state index contributed by atoms with van der Waals surface area (Å²) >= 11 is 3.32. The van der Waals surface area contributed by atoms with Gasteiger partial charge in [-0.15, -0.1) is 0 Å². The minimum absolute atomic E-state index is 0.0563. The van der Waals surface area contributed by atoms with E-state index in [-0.39, 0.29) is 5.75 Å². The van der Waals surface area contributed by atoms with Crippen molar-refractivity contribution in [2.75, 3.05) is 6.26 Å². The highest BCUT2D eigenvalue weighted by atomic mass is 79.9. The molecule has 0 saturated heterocycles. The normalized spacial score (nSPS) is 12.1. The number of hydrogen-bond donors (Lipinski definition) is 0. The zero-order chi connectivity index (χ0) is 11.1. The number of sulfone groups is 1. The van der Waals surface area contributed by atoms with Crippen LogP contribution in [-0.4, -0.2) is 14.7 Å². The molecule has 5 heteroatoms. The summed E-state index contributed by atoms with van der Waals surface area (Å²) in [6, 6.07) is 7.35. The molecule has 15 heavy (non-hydrogen) atoms. The average molecular weight is 289 g/mol. The number of rotatable bonds is 2. The number of hydrogen-bond acceptors (Lipinski definition) is 3. The molecule has 0 atom stereocenters. The Hall–Kier alpha value is -0.810. The maximum atomic E-state index is 11.1. The van der Waals surface area contributed by atoms with Gasteiger partial charge in [0.2, 0.25) is 0 Å². The maximum absolute atomic E-state index is 11.1. The molecule has 1 aromatic heterocycles. The predicted molar refractivity (Wildman–Crippen MR) is 62.5 cm³/mol. The van der Waals surface area contributed by atoms with E-state index in [1.54, 1.807) is 6.07 Å². The van der Waals surface area contributed by atoms with Gasteiger partial charge in [0.25, 0.3) is 0 Å². The molecule has 0 N–H and O–H groups in total. The minimum Gasteiger partial charge on any atom is -0.460 e. The van der Waals surface area contributed by atoms with Crippen LogP contribution in [0.4, 0.5) is 0 Å². The Labute approximate surface area is 96.1 Å². The van der Waals surface area contributed by atoms with Crippen LogP contribution in [0.1, 0.15) is 5.76 Å². The molecule has 1 heterocycles. The molecule has 0 unspecified atom stereocenters. The lowest BCUT2D eigenvalue weighted by molar-refractivity contribution is 0.556. The highest BCUT2D eigenvalue weighted by Gasteiger charge is 2.10. The van der Waals surface area contributed by atoms with Crippen LogP contribution in [0, 0.1) is 0 Å². The molecule has 2 aromatic rings. The quantitative estimate of drug-likeness (QED) is 0.854. The first-order chi connectivity index (χ1) is 6.94. The molecule has 80 valence electrons. The Bertz CT molecular complexity index is 598. The summed E-state index contributed by atoms with van der Waals surface area (Å²) in [5.41, 5.74) is 0.697. The molecule has 0 fully saturated rings. The van der Waals surface area contributed by atoms with Crippen molar-refractivity contribution < 1.29 is 12.8 Å². The summed E-state index contributed by atoms with van der Waals surface area (Å²) in [7, 11) is -3.04. The zero-order valence-electron chi connectivity index (χ0n) is 8.03. The van der Waals surface area contributed by atoms with Gasteiger partial charge in [-0.3, -0.25) is 0 Å². The van der Waals surface area contributed by atoms with Crippen molar-refractivity contribution >= 4 is 36.7 Å². The summed E-state index contributed by atoms with van der Waals surface area (Å²) in [4.78, 5) is 0. The third-order valence-electron chi connectivity index (χ3n) is 1.94. The first kappa shape index (κ1) is 10.7. The maximum Gasteiger partial charge on any atom is 0.154 e. The second-order valence-electron chi connectivity index (χ2n) is 3.46. The van der Waals surface area contributed by atoms with Gasteiger partial charge < -0.3 is 4.42 Å². The zero-order valence-corrected chi connectivity index (χ0v) is 10.4. The SMILES string of the molecule is CS(=O)(=O)Cc1cc2ccc(Br)cc2o1. The van der Waals surface area contributed by atoms with Gasteiger partial charge in [0, 0.05) is 16.1 Å². The van der Waals surface area contributed by atoms with E-state index in [2.05, 4.69) is 15.9 Å². The molecule has 3 nitrogen and oxygen atoms in total. The van der Waals surface area contributed by atoms with Gasteiger partial charge in [0.05, 0.1) is 0 Å². The first-order valence-corrected chi connectivity index (χ1v) is 7.15. The molecule has 1 aromatic carbocycles. The van der Waals surface area contributed by atoms with Gasteiger partial charge in [-0.05, 0) is 24.3 Å². The largest absolute Gasteiger partial charge is 0.460 e. The first-order valence-electron chi connectivity index (χ1n) is 4.30. The van der Waals surface area contributed by atoms with Gasteiger partial charge in [0.15, 0.2) is 9.84 Å². The van der Waals surface area contributed by atoms with Crippen LogP contribution in [0.5, 0.6) is 0 Å². The van der Waals surface area contributed by atoms with Crippen molar-refractivity contribution in [2.45, 2.75) is 5.75 Å². The molecule has 0 saturated carbocycles. The Morgan fingerprint density at radius 3 is 2.73 bits per heavy atom. The van der Waals surface area contributed by atoms with Crippen LogP contribution in [0.25, 0.3) is 11.0 Å². The van der Waals surface area contributed by atoms with E-state index < -0.39 is 9.84 Å². The van der Waals surface area contributed by atoms with E-state index in [9.17, 15) is 8.42 Å². The second kappa shape index (κ2) is 3.64. The van der Waals surface area contributed by atoms with Crippen molar-refractivity contribution in [1.82, 2.24) is 0 Å². The van der Waals surface area contributed by atoms with E-state index in [1.165, 1.54) is 6.26 Å². The molecule has 0 aliphatic heterocycles. The summed E-state index contributed by atoms with van der Waals surface area (Å²) in [5.74, 6) is 0.421. The van der Waals surface area contributed by atoms with Gasteiger partial charge >= 0.3 is 0 Å². The smallest absolute Gasteiger partial charge is 0.154 e. The van der Waals surface area contributed by atoms with Crippen LogP contribution < -0.4 is 0 Å². The molecule has 2 rings (SSSR count). The predicted octanol–water partition coefficient (Wildman–Crippen LogP) is 2.74. The summed E-state index contributed by atoms with van der Waals surface area (Å²) in [5, 5.41) is 0.914. The van der Waals surface area contributed by atoms with Crippen LogP contribution in [-0.2, 0) is 15.6 Å². The fourth-order valence-electron chi connectivity index (χ4n) is 1.39. The third kappa shape index (κ3) is 2.60. The van der Waals surface area contributed by atoms with Gasteiger partial charge in [-0.2, -0.15) is 0 Å². The van der Waals surface area contributed by atoms with Crippen LogP contribution in [0.2, 0.25) is 0 Å². The summed E-state index contributed by atoms with van der Waals surface area (Å²) in [6.07, 6.45) is 1.19. The highest BCUT2D eigenvalue weighted by molar-refractivity contribution is 9.10. The molecule has 0 aliphatic rings. The van der Waals surface area contributed by atoms with E-state index in [0.717, 1.165) is 9.86 Å². The Morgan fingerprint density at radius 2 is 2.07 bits per heavy atom. The van der Waals surface area contributed by atoms with E-state index >= 15 is 0 Å². The second-order valence-corrected chi connectivity index (χ2v) is 6.52. The van der Waals surface area contributed by atoms with E-state index in [1.807, 2.05) is 18.2 Å². The number of furan rings is 1. The molecule has 0 spiro atoms. The van der Waals surface area contributed by atoms with Crippen LogP contribution in [0.15, 0.2) is 33.2 Å². The van der Waals surface area contributed by atoms with Crippen molar-refractivity contribution in [3.05, 3.63) is 34.5 Å². The number of fused-ring (bicyclic) bond motifs is 1. The molecular weight excluding hydrogens is 280 g/mol. The Kier molecular flexibility index (Phi) is 2.60. The Morgan fingerprint density at radius 1 is 1.33 bits per heavy atom. The lowest BCUT2D eigenvalue weighted by Crippen LogP contribution is -1.98. The fraction of sp³-hybridized carbons (Fsp3) is 0.200. The number of halogens is 1. The van der Waals surface area contributed by atoms with Crippen molar-refractivity contribution in [1.29, 1.82) is 0 Å². The molecule has 0 radical (unpaired) electrons. The lowest BCUT2D eigenvalue weighted by Gasteiger charge is -1.91. The summed E-state index contributed by atoms with van der Waals surface area (Å²) < 4.78 is 28.5. The lowest BCUT2D eigenvalue weighted by atomic mass is 10.2. The molecule has 0 amide bonds. The third-order valence-corrected chi connectivity index (χ3v) is 3.24. The van der Waals surface area contributed by atoms with E-state index in [0.29, 0.717) is 11.3 Å². The van der Waals surface area contributed by atoms with Crippen LogP contribution >= 0.6 is 15.9 Å². The van der Waals surface area contributed by atoms with Gasteiger partial charge in [-0.25, -0.2) is 8.42 Å². The average Bonchev–Trinajstić information content (AvgIpc) is 2.42. The number of benzene rings is 1. The van der Waals surface area contributed by atoms with Crippen molar-refractivity contribution in [3.63, 3.8) is 0 Å². The van der Waals surface area contributed by atoms with Gasteiger partial charge in [0.1, 0.15) is 17.1 Å². The van der Waals surface area contributed by atoms with Crippen molar-refractivity contribution in [3.8, 4) is 0 Å². The topological polar surface area (TPSA) is 47.3 Å². The Balaban J connectivity index is 2.48.